The van der Waals surface area contributed by atoms with Crippen molar-refractivity contribution in [3.63, 3.8) is 0 Å². The van der Waals surface area contributed by atoms with Gasteiger partial charge in [0.2, 0.25) is 23.1 Å². The molecule has 2 fully saturated rings. The van der Waals surface area contributed by atoms with Crippen LogP contribution in [0.1, 0.15) is 89.2 Å². The zero-order valence-electron chi connectivity index (χ0n) is 31.0. The Kier molecular flexibility index (Phi) is 14.9. The number of hydrogen-bond donors (Lipinski definition) is 5. The van der Waals surface area contributed by atoms with E-state index in [0.29, 0.717) is 19.3 Å². The van der Waals surface area contributed by atoms with E-state index in [2.05, 4.69) is 0 Å². The van der Waals surface area contributed by atoms with Gasteiger partial charge in [-0.05, 0) is 55.6 Å². The summed E-state index contributed by atoms with van der Waals surface area (Å²) in [5.74, 6) is -11.0. The van der Waals surface area contributed by atoms with Crippen LogP contribution in [0, 0.1) is 5.92 Å². The van der Waals surface area contributed by atoms with Crippen LogP contribution in [0.3, 0.4) is 0 Å². The summed E-state index contributed by atoms with van der Waals surface area (Å²) >= 11 is 0. The van der Waals surface area contributed by atoms with Crippen LogP contribution in [-0.4, -0.2) is 96.8 Å². The molecule has 2 aliphatic rings. The fourth-order valence-electron chi connectivity index (χ4n) is 7.17. The Hall–Kier alpha value is -4.89. The number of carbonyl (C=O) groups is 5. The SMILES string of the molecule is CC(=O)OC(CCC[C@]12OC(C(=O)O)C(O)(C(=O)O)[C@](C(=O)O)(O1)[C@H](OC(=O)CCCCCC/C=C/c1ccccc1)[C@@H]2O)C(C)C/C=C/c1ccccc1. The number of carbonyl (C=O) groups excluding carboxylic acids is 2. The van der Waals surface area contributed by atoms with Crippen LogP contribution >= 0.6 is 0 Å². The van der Waals surface area contributed by atoms with Gasteiger partial charge in [0.15, 0.2) is 6.10 Å². The van der Waals surface area contributed by atoms with Crippen molar-refractivity contribution in [2.24, 2.45) is 5.92 Å². The van der Waals surface area contributed by atoms with Gasteiger partial charge >= 0.3 is 29.8 Å². The summed E-state index contributed by atoms with van der Waals surface area (Å²) in [7, 11) is 0. The highest BCUT2D eigenvalue weighted by Gasteiger charge is 2.85. The number of ether oxygens (including phenoxy) is 4. The second-order valence-electron chi connectivity index (χ2n) is 14.0. The lowest BCUT2D eigenvalue weighted by Gasteiger charge is -2.48. The number of carboxylic acids is 3. The standard InChI is InChI=1S/C41H50O14/c1-27(17-15-23-30-21-12-8-13-22-30)31(52-28(2)42)24-16-26-39-33(44)34(41(55-39,38(49)50)40(51,37(47)48)35(54-39)36(45)46)53-32(43)25-14-6-4-3-5-9-18-29-19-10-7-11-20-29/h7-13,15,18-23,27,31,33-35,44,51H,3-6,14,16-17,24-26H2,1-2H3,(H,45,46)(H,47,48)(H,49,50)/b18-9+,23-15+/t27?,31?,33-,34+,35?,39-,40?,41-/m0/s1. The second-order valence-corrected chi connectivity index (χ2v) is 14.0. The van der Waals surface area contributed by atoms with Gasteiger partial charge in [-0.1, -0.05) is 105 Å². The van der Waals surface area contributed by atoms with Crippen LogP contribution in [0.5, 0.6) is 0 Å². The van der Waals surface area contributed by atoms with E-state index in [1.54, 1.807) is 0 Å². The zero-order valence-corrected chi connectivity index (χ0v) is 31.0. The van der Waals surface area contributed by atoms with Gasteiger partial charge in [-0.2, -0.15) is 0 Å². The molecule has 2 heterocycles. The van der Waals surface area contributed by atoms with E-state index in [4.69, 9.17) is 18.9 Å². The zero-order chi connectivity index (χ0) is 40.2. The Balaban J connectivity index is 1.47. The molecule has 5 N–H and O–H groups in total. The molecule has 14 heteroatoms. The fraction of sp³-hybridized carbons (Fsp3) is 0.488. The van der Waals surface area contributed by atoms with Gasteiger partial charge in [-0.3, -0.25) is 9.59 Å². The van der Waals surface area contributed by atoms with Crippen LogP contribution in [0.25, 0.3) is 12.2 Å². The normalized spacial score (nSPS) is 27.1. The molecule has 14 nitrogen and oxygen atoms in total. The number of aliphatic hydroxyl groups excluding tert-OH is 1. The molecule has 2 aromatic rings. The maximum atomic E-state index is 13.1. The molecule has 2 aliphatic heterocycles. The smallest absolute Gasteiger partial charge is 0.344 e. The van der Waals surface area contributed by atoms with Crippen molar-refractivity contribution in [2.75, 3.05) is 0 Å². The summed E-state index contributed by atoms with van der Waals surface area (Å²) in [5.41, 5.74) is -5.31. The molecular weight excluding hydrogens is 716 g/mol. The summed E-state index contributed by atoms with van der Waals surface area (Å²) in [4.78, 5) is 63.1. The summed E-state index contributed by atoms with van der Waals surface area (Å²) in [6, 6.07) is 19.3. The summed E-state index contributed by atoms with van der Waals surface area (Å²) in [5, 5.41) is 53.7. The van der Waals surface area contributed by atoms with E-state index < -0.39 is 77.7 Å². The number of esters is 2. The minimum Gasteiger partial charge on any atom is -0.479 e. The number of hydrogen-bond acceptors (Lipinski definition) is 11. The number of fused-ring (bicyclic) bond motifs is 2. The van der Waals surface area contributed by atoms with Crippen molar-refractivity contribution in [2.45, 2.75) is 119 Å². The molecule has 2 aromatic carbocycles. The monoisotopic (exact) mass is 766 g/mol. The van der Waals surface area contributed by atoms with Crippen molar-refractivity contribution >= 4 is 42.0 Å². The van der Waals surface area contributed by atoms with Crippen molar-refractivity contribution < 1.29 is 68.5 Å². The molecule has 55 heavy (non-hydrogen) atoms. The summed E-state index contributed by atoms with van der Waals surface area (Å²) in [6.45, 7) is 3.09. The lowest BCUT2D eigenvalue weighted by molar-refractivity contribution is -0.374. The molecule has 0 aromatic heterocycles. The van der Waals surface area contributed by atoms with Crippen LogP contribution in [-0.2, 0) is 42.9 Å². The van der Waals surface area contributed by atoms with Crippen molar-refractivity contribution in [3.8, 4) is 0 Å². The van der Waals surface area contributed by atoms with Gasteiger partial charge in [-0.25, -0.2) is 14.4 Å². The predicted molar refractivity (Wildman–Crippen MR) is 197 cm³/mol. The lowest BCUT2D eigenvalue weighted by atomic mass is 9.74. The number of unbranched alkanes of at least 4 members (excludes halogenated alkanes) is 4. The van der Waals surface area contributed by atoms with Crippen molar-refractivity contribution in [3.05, 3.63) is 83.9 Å². The fourth-order valence-corrected chi connectivity index (χ4v) is 7.17. The van der Waals surface area contributed by atoms with E-state index >= 15 is 0 Å². The Morgan fingerprint density at radius 1 is 0.836 bits per heavy atom. The van der Waals surface area contributed by atoms with Gasteiger partial charge in [0.1, 0.15) is 12.2 Å². The summed E-state index contributed by atoms with van der Waals surface area (Å²) in [6.07, 6.45) is 2.93. The average Bonchev–Trinajstić information content (AvgIpc) is 3.36. The largest absolute Gasteiger partial charge is 0.479 e. The maximum absolute atomic E-state index is 13.1. The number of allylic oxidation sites excluding steroid dienone is 2. The molecule has 0 spiro atoms. The minimum absolute atomic E-state index is 0.0313. The molecule has 298 valence electrons. The first-order valence-corrected chi connectivity index (χ1v) is 18.5. The Bertz CT molecular complexity index is 1690. The van der Waals surface area contributed by atoms with Crippen LogP contribution < -0.4 is 0 Å². The van der Waals surface area contributed by atoms with E-state index in [1.165, 1.54) is 6.92 Å². The Morgan fingerprint density at radius 2 is 1.44 bits per heavy atom. The van der Waals surface area contributed by atoms with E-state index in [0.717, 1.165) is 30.4 Å². The van der Waals surface area contributed by atoms with E-state index in [1.807, 2.05) is 91.9 Å². The van der Waals surface area contributed by atoms with Crippen molar-refractivity contribution in [1.29, 1.82) is 0 Å². The first-order chi connectivity index (χ1) is 26.2. The van der Waals surface area contributed by atoms with Gasteiger partial charge in [0.25, 0.3) is 0 Å². The van der Waals surface area contributed by atoms with Gasteiger partial charge in [-0.15, -0.1) is 0 Å². The third-order valence-corrected chi connectivity index (χ3v) is 10.1. The molecule has 4 rings (SSSR count). The van der Waals surface area contributed by atoms with E-state index in [-0.39, 0.29) is 25.2 Å². The number of carboxylic acid groups (broad SMARTS) is 3. The molecular formula is C41H50O14. The number of rotatable bonds is 21. The molecule has 8 atom stereocenters. The predicted octanol–water partition coefficient (Wildman–Crippen LogP) is 5.00. The molecule has 0 aliphatic carbocycles. The lowest BCUT2D eigenvalue weighted by Crippen LogP contribution is -2.78. The Labute approximate surface area is 319 Å². The molecule has 0 radical (unpaired) electrons. The van der Waals surface area contributed by atoms with E-state index in [9.17, 15) is 49.5 Å². The number of aliphatic hydroxyl groups is 2. The van der Waals surface area contributed by atoms with Crippen LogP contribution in [0.4, 0.5) is 0 Å². The molecule has 0 saturated carbocycles. The molecule has 2 bridgehead atoms. The topological polar surface area (TPSA) is 223 Å². The average molecular weight is 767 g/mol. The first-order valence-electron chi connectivity index (χ1n) is 18.5. The highest BCUT2D eigenvalue weighted by Crippen LogP contribution is 2.55. The van der Waals surface area contributed by atoms with Gasteiger partial charge < -0.3 is 44.5 Å². The van der Waals surface area contributed by atoms with Gasteiger partial charge in [0.05, 0.1) is 0 Å². The van der Waals surface area contributed by atoms with Gasteiger partial charge in [0, 0.05) is 19.8 Å². The van der Waals surface area contributed by atoms with Crippen molar-refractivity contribution in [1.82, 2.24) is 0 Å². The maximum Gasteiger partial charge on any atom is 0.344 e. The summed E-state index contributed by atoms with van der Waals surface area (Å²) < 4.78 is 22.2. The number of benzene rings is 2. The Morgan fingerprint density at radius 3 is 2.00 bits per heavy atom. The van der Waals surface area contributed by atoms with Crippen LogP contribution in [0.15, 0.2) is 72.8 Å². The van der Waals surface area contributed by atoms with Crippen LogP contribution in [0.2, 0.25) is 0 Å². The quantitative estimate of drug-likeness (QED) is 0.0833. The highest BCUT2D eigenvalue weighted by atomic mass is 16.8. The highest BCUT2D eigenvalue weighted by molar-refractivity contribution is 5.98. The first kappa shape index (κ1) is 42.8. The third kappa shape index (κ3) is 9.87. The molecule has 4 unspecified atom stereocenters. The third-order valence-electron chi connectivity index (χ3n) is 10.1. The number of aliphatic carboxylic acids is 3. The molecule has 0 amide bonds. The second kappa shape index (κ2) is 19.1. The molecule has 2 saturated heterocycles. The minimum atomic E-state index is -3.86.